The summed E-state index contributed by atoms with van der Waals surface area (Å²) in [5.41, 5.74) is 1.02. The Morgan fingerprint density at radius 3 is 2.44 bits per heavy atom. The van der Waals surface area contributed by atoms with Crippen molar-refractivity contribution in [1.29, 1.82) is 0 Å². The average Bonchev–Trinajstić information content (AvgIpc) is 2.23. The number of hydrogen-bond donors (Lipinski definition) is 1. The average molecular weight is 219 g/mol. The highest BCUT2D eigenvalue weighted by molar-refractivity contribution is 5.17. The number of benzene rings is 1. The van der Waals surface area contributed by atoms with Crippen molar-refractivity contribution in [1.82, 2.24) is 4.90 Å². The third kappa shape index (κ3) is 2.63. The molecule has 1 aromatic carbocycles. The Morgan fingerprint density at radius 1 is 1.25 bits per heavy atom. The van der Waals surface area contributed by atoms with Crippen LogP contribution in [0.15, 0.2) is 30.3 Å². The van der Waals surface area contributed by atoms with E-state index in [1.54, 1.807) is 0 Å². The predicted molar refractivity (Wildman–Crippen MR) is 66.2 cm³/mol. The van der Waals surface area contributed by atoms with Crippen LogP contribution in [0.1, 0.15) is 25.5 Å². The number of hydrogen-bond acceptors (Lipinski definition) is 2. The van der Waals surface area contributed by atoms with Crippen LogP contribution in [0.5, 0.6) is 0 Å². The van der Waals surface area contributed by atoms with Gasteiger partial charge in [-0.2, -0.15) is 0 Å². The van der Waals surface area contributed by atoms with Crippen molar-refractivity contribution < 1.29 is 5.11 Å². The molecule has 1 heterocycles. The summed E-state index contributed by atoms with van der Waals surface area (Å²) in [6.45, 7) is 7.60. The second-order valence-corrected chi connectivity index (χ2v) is 5.15. The monoisotopic (exact) mass is 219 g/mol. The molecule has 88 valence electrons. The van der Waals surface area contributed by atoms with Crippen molar-refractivity contribution in [3.63, 3.8) is 0 Å². The van der Waals surface area contributed by atoms with Gasteiger partial charge in [-0.3, -0.25) is 4.90 Å². The molecule has 1 N–H and O–H groups in total. The van der Waals surface area contributed by atoms with E-state index in [1.165, 1.54) is 0 Å². The largest absolute Gasteiger partial charge is 0.387 e. The van der Waals surface area contributed by atoms with E-state index in [2.05, 4.69) is 18.7 Å². The first kappa shape index (κ1) is 11.6. The van der Waals surface area contributed by atoms with Gasteiger partial charge >= 0.3 is 0 Å². The van der Waals surface area contributed by atoms with Crippen LogP contribution in [0.4, 0.5) is 0 Å². The van der Waals surface area contributed by atoms with E-state index < -0.39 is 0 Å². The van der Waals surface area contributed by atoms with E-state index in [0.29, 0.717) is 0 Å². The predicted octanol–water partition coefficient (Wildman–Crippen LogP) is 2.31. The fraction of sp³-hybridized carbons (Fsp3) is 0.571. The molecular formula is C14H21NO. The minimum Gasteiger partial charge on any atom is -0.387 e. The van der Waals surface area contributed by atoms with Crippen LogP contribution in [0, 0.1) is 11.8 Å². The zero-order valence-corrected chi connectivity index (χ0v) is 10.1. The van der Waals surface area contributed by atoms with Crippen molar-refractivity contribution in [2.24, 2.45) is 11.8 Å². The summed E-state index contributed by atoms with van der Waals surface area (Å²) < 4.78 is 0. The molecule has 1 atom stereocenters. The lowest BCUT2D eigenvalue weighted by molar-refractivity contribution is 0.0216. The number of aliphatic hydroxyl groups excluding tert-OH is 1. The summed E-state index contributed by atoms with van der Waals surface area (Å²) in [7, 11) is 0. The van der Waals surface area contributed by atoms with Gasteiger partial charge in [0.25, 0.3) is 0 Å². The Bertz CT molecular complexity index is 317. The van der Waals surface area contributed by atoms with E-state index in [9.17, 15) is 5.11 Å². The number of nitrogens with zero attached hydrogens (tertiary/aromatic N) is 1. The van der Waals surface area contributed by atoms with Crippen LogP contribution in [0.3, 0.4) is 0 Å². The smallest absolute Gasteiger partial charge is 0.0916 e. The minimum atomic E-state index is -0.339. The molecule has 1 aromatic rings. The van der Waals surface area contributed by atoms with Crippen LogP contribution in [-0.4, -0.2) is 29.6 Å². The highest BCUT2D eigenvalue weighted by atomic mass is 16.3. The molecule has 2 heteroatoms. The molecule has 0 aliphatic carbocycles. The molecule has 1 unspecified atom stereocenters. The van der Waals surface area contributed by atoms with Crippen molar-refractivity contribution in [3.05, 3.63) is 35.9 Å². The van der Waals surface area contributed by atoms with Gasteiger partial charge in [-0.15, -0.1) is 0 Å². The highest BCUT2D eigenvalue weighted by Gasteiger charge is 2.30. The molecule has 0 saturated carbocycles. The molecule has 0 amide bonds. The molecule has 16 heavy (non-hydrogen) atoms. The molecule has 0 bridgehead atoms. The molecular weight excluding hydrogens is 198 g/mol. The standard InChI is InChI=1S/C14H21NO/c1-11(2)13-8-15(9-13)10-14(16)12-6-4-3-5-7-12/h3-7,11,13-14,16H,8-10H2,1-2H3. The lowest BCUT2D eigenvalue weighted by Gasteiger charge is -2.42. The quantitative estimate of drug-likeness (QED) is 0.840. The molecule has 0 aromatic heterocycles. The Kier molecular flexibility index (Phi) is 3.62. The Morgan fingerprint density at radius 2 is 1.88 bits per heavy atom. The Hall–Kier alpha value is -0.860. The first-order valence-electron chi connectivity index (χ1n) is 6.12. The van der Waals surface area contributed by atoms with Crippen molar-refractivity contribution in [2.75, 3.05) is 19.6 Å². The van der Waals surface area contributed by atoms with Crippen molar-refractivity contribution in [3.8, 4) is 0 Å². The first-order valence-corrected chi connectivity index (χ1v) is 6.12. The van der Waals surface area contributed by atoms with E-state index in [1.807, 2.05) is 30.3 Å². The maximum absolute atomic E-state index is 10.0. The maximum atomic E-state index is 10.0. The van der Waals surface area contributed by atoms with Crippen LogP contribution in [0.2, 0.25) is 0 Å². The summed E-state index contributed by atoms with van der Waals surface area (Å²) in [5, 5.41) is 10.0. The van der Waals surface area contributed by atoms with Gasteiger partial charge in [-0.1, -0.05) is 44.2 Å². The van der Waals surface area contributed by atoms with Gasteiger partial charge in [0.1, 0.15) is 0 Å². The highest BCUT2D eigenvalue weighted by Crippen LogP contribution is 2.25. The lowest BCUT2D eigenvalue weighted by Crippen LogP contribution is -2.50. The van der Waals surface area contributed by atoms with Crippen LogP contribution in [-0.2, 0) is 0 Å². The fourth-order valence-electron chi connectivity index (χ4n) is 2.21. The third-order valence-electron chi connectivity index (χ3n) is 3.54. The molecule has 0 radical (unpaired) electrons. The lowest BCUT2D eigenvalue weighted by atomic mass is 9.88. The minimum absolute atomic E-state index is 0.339. The van der Waals surface area contributed by atoms with Gasteiger partial charge in [0.2, 0.25) is 0 Å². The number of β-amino-alcohol motifs (C(OH)–C–C–N with tert-alkyl or cyclic N) is 1. The number of likely N-dealkylation sites (tertiary alicyclic amines) is 1. The van der Waals surface area contributed by atoms with Gasteiger partial charge in [0, 0.05) is 19.6 Å². The SMILES string of the molecule is CC(C)C1CN(CC(O)c2ccccc2)C1. The molecule has 1 aliphatic rings. The molecule has 1 saturated heterocycles. The van der Waals surface area contributed by atoms with Crippen LogP contribution < -0.4 is 0 Å². The van der Waals surface area contributed by atoms with Gasteiger partial charge < -0.3 is 5.11 Å². The van der Waals surface area contributed by atoms with E-state index >= 15 is 0 Å². The van der Waals surface area contributed by atoms with Crippen LogP contribution >= 0.6 is 0 Å². The van der Waals surface area contributed by atoms with Gasteiger partial charge in [0.15, 0.2) is 0 Å². The second kappa shape index (κ2) is 4.98. The zero-order valence-electron chi connectivity index (χ0n) is 10.1. The summed E-state index contributed by atoms with van der Waals surface area (Å²) in [5.74, 6) is 1.59. The number of rotatable bonds is 4. The zero-order chi connectivity index (χ0) is 11.5. The van der Waals surface area contributed by atoms with Gasteiger partial charge in [-0.25, -0.2) is 0 Å². The first-order chi connectivity index (χ1) is 7.66. The van der Waals surface area contributed by atoms with Gasteiger partial charge in [0.05, 0.1) is 6.10 Å². The number of aliphatic hydroxyl groups is 1. The van der Waals surface area contributed by atoms with Crippen LogP contribution in [0.25, 0.3) is 0 Å². The van der Waals surface area contributed by atoms with E-state index in [-0.39, 0.29) is 6.10 Å². The Labute approximate surface area is 97.9 Å². The normalized spacial score (nSPS) is 19.8. The summed E-state index contributed by atoms with van der Waals surface area (Å²) in [4.78, 5) is 2.34. The molecule has 0 spiro atoms. The molecule has 2 nitrogen and oxygen atoms in total. The van der Waals surface area contributed by atoms with E-state index in [4.69, 9.17) is 0 Å². The van der Waals surface area contributed by atoms with E-state index in [0.717, 1.165) is 37.0 Å². The maximum Gasteiger partial charge on any atom is 0.0916 e. The molecule has 2 rings (SSSR count). The molecule has 1 fully saturated rings. The molecule has 1 aliphatic heterocycles. The Balaban J connectivity index is 1.80. The summed E-state index contributed by atoms with van der Waals surface area (Å²) >= 11 is 0. The third-order valence-corrected chi connectivity index (χ3v) is 3.54. The van der Waals surface area contributed by atoms with Gasteiger partial charge in [-0.05, 0) is 17.4 Å². The topological polar surface area (TPSA) is 23.5 Å². The van der Waals surface area contributed by atoms with Crippen molar-refractivity contribution in [2.45, 2.75) is 20.0 Å². The summed E-state index contributed by atoms with van der Waals surface area (Å²) in [6.07, 6.45) is -0.339. The van der Waals surface area contributed by atoms with Crippen molar-refractivity contribution >= 4 is 0 Å². The second-order valence-electron chi connectivity index (χ2n) is 5.15. The summed E-state index contributed by atoms with van der Waals surface area (Å²) in [6, 6.07) is 9.92. The fourth-order valence-corrected chi connectivity index (χ4v) is 2.21.